The summed E-state index contributed by atoms with van der Waals surface area (Å²) in [6.07, 6.45) is 7.46. The maximum Gasteiger partial charge on any atom is 0.150 e. The Kier molecular flexibility index (Phi) is 4.11. The lowest BCUT2D eigenvalue weighted by atomic mass is 10.2. The highest BCUT2D eigenvalue weighted by Gasteiger charge is 2.16. The molecule has 5 heteroatoms. The van der Waals surface area contributed by atoms with Crippen molar-refractivity contribution >= 4 is 23.4 Å². The summed E-state index contributed by atoms with van der Waals surface area (Å²) in [5, 5.41) is 5.16. The van der Waals surface area contributed by atoms with Crippen molar-refractivity contribution in [1.29, 1.82) is 0 Å². The first-order valence-electron chi connectivity index (χ1n) is 6.40. The molecule has 1 aromatic heterocycles. The van der Waals surface area contributed by atoms with Crippen LogP contribution < -0.4 is 0 Å². The van der Waals surface area contributed by atoms with Gasteiger partial charge in [-0.1, -0.05) is 23.4 Å². The number of nitrogens with zero attached hydrogens (tertiary/aromatic N) is 2. The van der Waals surface area contributed by atoms with Crippen molar-refractivity contribution in [2.75, 3.05) is 6.61 Å². The molecule has 1 aliphatic rings. The van der Waals surface area contributed by atoms with E-state index in [-0.39, 0.29) is 6.23 Å². The Morgan fingerprint density at radius 3 is 2.79 bits per heavy atom. The zero-order valence-corrected chi connectivity index (χ0v) is 12.0. The molecule has 19 heavy (non-hydrogen) atoms. The average Bonchev–Trinajstić information content (AvgIpc) is 2.91. The van der Waals surface area contributed by atoms with Gasteiger partial charge in [-0.05, 0) is 43.5 Å². The Hall–Kier alpha value is -0.970. The zero-order valence-electron chi connectivity index (χ0n) is 10.5. The molecule has 1 saturated heterocycles. The van der Waals surface area contributed by atoms with Gasteiger partial charge in [0, 0.05) is 22.7 Å². The second-order valence-electron chi connectivity index (χ2n) is 4.53. The number of hydrogen-bond donors (Lipinski definition) is 0. The molecular formula is C14H15ClN2OS. The second-order valence-corrected chi connectivity index (χ2v) is 6.12. The van der Waals surface area contributed by atoms with Gasteiger partial charge in [-0.2, -0.15) is 5.10 Å². The van der Waals surface area contributed by atoms with Crippen molar-refractivity contribution in [3.05, 3.63) is 41.7 Å². The van der Waals surface area contributed by atoms with Crippen LogP contribution in [-0.2, 0) is 4.74 Å². The first-order chi connectivity index (χ1) is 9.31. The molecule has 1 aliphatic heterocycles. The fraction of sp³-hybridized carbons (Fsp3) is 0.357. The molecule has 1 aromatic carbocycles. The van der Waals surface area contributed by atoms with Crippen LogP contribution in [0.1, 0.15) is 25.5 Å². The summed E-state index contributed by atoms with van der Waals surface area (Å²) in [6.45, 7) is 0.837. The fourth-order valence-electron chi connectivity index (χ4n) is 2.10. The maximum atomic E-state index is 5.88. The van der Waals surface area contributed by atoms with Gasteiger partial charge < -0.3 is 4.74 Å². The van der Waals surface area contributed by atoms with Crippen molar-refractivity contribution in [3.63, 3.8) is 0 Å². The van der Waals surface area contributed by atoms with Crippen LogP contribution in [0, 0.1) is 0 Å². The lowest BCUT2D eigenvalue weighted by Crippen LogP contribution is -2.18. The predicted molar refractivity (Wildman–Crippen MR) is 76.6 cm³/mol. The fourth-order valence-corrected chi connectivity index (χ4v) is 3.03. The smallest absolute Gasteiger partial charge is 0.150 e. The predicted octanol–water partition coefficient (Wildman–Crippen LogP) is 4.39. The van der Waals surface area contributed by atoms with Crippen molar-refractivity contribution in [2.24, 2.45) is 0 Å². The summed E-state index contributed by atoms with van der Waals surface area (Å²) >= 11 is 7.56. The Morgan fingerprint density at radius 2 is 2.05 bits per heavy atom. The molecule has 3 rings (SSSR count). The van der Waals surface area contributed by atoms with E-state index < -0.39 is 0 Å². The van der Waals surface area contributed by atoms with Crippen molar-refractivity contribution in [1.82, 2.24) is 9.78 Å². The first kappa shape index (κ1) is 13.0. The highest BCUT2D eigenvalue weighted by Crippen LogP contribution is 2.30. The third-order valence-corrected chi connectivity index (χ3v) is 4.28. The van der Waals surface area contributed by atoms with Crippen molar-refractivity contribution < 1.29 is 4.74 Å². The van der Waals surface area contributed by atoms with Gasteiger partial charge in [0.25, 0.3) is 0 Å². The number of benzene rings is 1. The summed E-state index contributed by atoms with van der Waals surface area (Å²) < 4.78 is 7.65. The minimum absolute atomic E-state index is 0.105. The maximum absolute atomic E-state index is 5.88. The summed E-state index contributed by atoms with van der Waals surface area (Å²) in [6, 6.07) is 7.83. The molecule has 0 spiro atoms. The molecule has 100 valence electrons. The van der Waals surface area contributed by atoms with E-state index in [0.29, 0.717) is 0 Å². The van der Waals surface area contributed by atoms with Crippen LogP contribution >= 0.6 is 23.4 Å². The average molecular weight is 295 g/mol. The number of rotatable bonds is 3. The summed E-state index contributed by atoms with van der Waals surface area (Å²) in [5.74, 6) is 0. The van der Waals surface area contributed by atoms with Gasteiger partial charge in [-0.25, -0.2) is 4.68 Å². The normalized spacial score (nSPS) is 19.5. The molecule has 0 amide bonds. The molecule has 1 unspecified atom stereocenters. The third-order valence-electron chi connectivity index (χ3n) is 3.08. The number of halogens is 1. The molecule has 1 fully saturated rings. The lowest BCUT2D eigenvalue weighted by Gasteiger charge is -2.22. The van der Waals surface area contributed by atoms with Gasteiger partial charge in [-0.3, -0.25) is 0 Å². The van der Waals surface area contributed by atoms with Crippen LogP contribution in [0.3, 0.4) is 0 Å². The van der Waals surface area contributed by atoms with Gasteiger partial charge in [0.1, 0.15) is 6.23 Å². The summed E-state index contributed by atoms with van der Waals surface area (Å²) in [4.78, 5) is 2.28. The molecule has 0 saturated carbocycles. The molecule has 2 aromatic rings. The highest BCUT2D eigenvalue weighted by molar-refractivity contribution is 7.99. The minimum atomic E-state index is 0.105. The van der Waals surface area contributed by atoms with Crippen molar-refractivity contribution in [2.45, 2.75) is 35.3 Å². The van der Waals surface area contributed by atoms with Crippen LogP contribution in [-0.4, -0.2) is 16.4 Å². The molecule has 0 radical (unpaired) electrons. The van der Waals surface area contributed by atoms with Gasteiger partial charge in [0.05, 0.1) is 11.1 Å². The van der Waals surface area contributed by atoms with E-state index >= 15 is 0 Å². The van der Waals surface area contributed by atoms with E-state index in [1.807, 2.05) is 35.1 Å². The summed E-state index contributed by atoms with van der Waals surface area (Å²) in [5.41, 5.74) is 0. The molecule has 3 nitrogen and oxygen atoms in total. The van der Waals surface area contributed by atoms with E-state index in [1.165, 1.54) is 6.42 Å². The molecule has 2 heterocycles. The van der Waals surface area contributed by atoms with E-state index in [4.69, 9.17) is 16.3 Å². The van der Waals surface area contributed by atoms with Gasteiger partial charge in [-0.15, -0.1) is 0 Å². The summed E-state index contributed by atoms with van der Waals surface area (Å²) in [7, 11) is 0. The second kappa shape index (κ2) is 5.99. The number of hydrogen-bond acceptors (Lipinski definition) is 3. The Bertz CT molecular complexity index is 535. The highest BCUT2D eigenvalue weighted by atomic mass is 35.5. The van der Waals surface area contributed by atoms with Crippen LogP contribution in [0.5, 0.6) is 0 Å². The van der Waals surface area contributed by atoms with E-state index in [2.05, 4.69) is 11.3 Å². The SMILES string of the molecule is Clc1ccc(Sc2cnn(C3CCCCO3)c2)cc1. The molecule has 0 N–H and O–H groups in total. The first-order valence-corrected chi connectivity index (χ1v) is 7.60. The quantitative estimate of drug-likeness (QED) is 0.840. The van der Waals surface area contributed by atoms with Crippen LogP contribution in [0.2, 0.25) is 5.02 Å². The van der Waals surface area contributed by atoms with E-state index in [9.17, 15) is 0 Å². The zero-order chi connectivity index (χ0) is 13.1. The van der Waals surface area contributed by atoms with Gasteiger partial charge in [0.2, 0.25) is 0 Å². The minimum Gasteiger partial charge on any atom is -0.357 e. The molecular weight excluding hydrogens is 280 g/mol. The monoisotopic (exact) mass is 294 g/mol. The standard InChI is InChI=1S/C14H15ClN2OS/c15-11-4-6-12(7-5-11)19-13-9-16-17(10-13)14-3-1-2-8-18-14/h4-7,9-10,14H,1-3,8H2. The topological polar surface area (TPSA) is 27.1 Å². The number of ether oxygens (including phenoxy) is 1. The molecule has 1 atom stereocenters. The molecule has 0 aliphatic carbocycles. The molecule has 0 bridgehead atoms. The van der Waals surface area contributed by atoms with E-state index in [0.717, 1.165) is 34.3 Å². The van der Waals surface area contributed by atoms with E-state index in [1.54, 1.807) is 11.8 Å². The lowest BCUT2D eigenvalue weighted by molar-refractivity contribution is -0.0396. The number of aromatic nitrogens is 2. The third kappa shape index (κ3) is 3.32. The Labute approximate surface area is 121 Å². The van der Waals surface area contributed by atoms with Crippen LogP contribution in [0.15, 0.2) is 46.5 Å². The van der Waals surface area contributed by atoms with Gasteiger partial charge in [0.15, 0.2) is 0 Å². The van der Waals surface area contributed by atoms with Gasteiger partial charge >= 0.3 is 0 Å². The van der Waals surface area contributed by atoms with Crippen LogP contribution in [0.4, 0.5) is 0 Å². The largest absolute Gasteiger partial charge is 0.357 e. The Balaban J connectivity index is 1.68. The van der Waals surface area contributed by atoms with Crippen LogP contribution in [0.25, 0.3) is 0 Å². The van der Waals surface area contributed by atoms with Crippen molar-refractivity contribution in [3.8, 4) is 0 Å². The Morgan fingerprint density at radius 1 is 1.21 bits per heavy atom.